The zero-order valence-electron chi connectivity index (χ0n) is 11.7. The van der Waals surface area contributed by atoms with E-state index in [0.717, 1.165) is 24.6 Å². The van der Waals surface area contributed by atoms with Gasteiger partial charge >= 0.3 is 0 Å². The fourth-order valence-electron chi connectivity index (χ4n) is 2.12. The number of nitrogens with zero attached hydrogens (tertiary/aromatic N) is 2. The van der Waals surface area contributed by atoms with E-state index in [4.69, 9.17) is 9.97 Å². The van der Waals surface area contributed by atoms with E-state index < -0.39 is 0 Å². The molecule has 2 heterocycles. The minimum Gasteiger partial charge on any atom is -0.369 e. The summed E-state index contributed by atoms with van der Waals surface area (Å²) in [6.45, 7) is 5.26. The lowest BCUT2D eigenvalue weighted by molar-refractivity contribution is 0.940. The molecular weight excluding hydrogens is 381 g/mol. The number of aromatic nitrogens is 2. The highest BCUT2D eigenvalue weighted by molar-refractivity contribution is 14.1. The molecular formula is C15H18IN3S. The van der Waals surface area contributed by atoms with Crippen molar-refractivity contribution >= 4 is 39.7 Å². The van der Waals surface area contributed by atoms with Crippen molar-refractivity contribution in [1.82, 2.24) is 9.97 Å². The van der Waals surface area contributed by atoms with Crippen LogP contribution in [0.25, 0.3) is 10.7 Å². The van der Waals surface area contributed by atoms with Gasteiger partial charge in [0.25, 0.3) is 0 Å². The SMILES string of the molecule is CCCNc1nc(-c2ccc(C)s2)nc(C2CC2)c1I. The molecule has 0 unspecified atom stereocenters. The van der Waals surface area contributed by atoms with Gasteiger partial charge in [0.1, 0.15) is 5.82 Å². The maximum atomic E-state index is 4.84. The fraction of sp³-hybridized carbons (Fsp3) is 0.467. The van der Waals surface area contributed by atoms with Gasteiger partial charge in [-0.25, -0.2) is 9.97 Å². The summed E-state index contributed by atoms with van der Waals surface area (Å²) < 4.78 is 1.20. The highest BCUT2D eigenvalue weighted by Gasteiger charge is 2.29. The molecule has 3 rings (SSSR count). The van der Waals surface area contributed by atoms with Crippen molar-refractivity contribution in [3.8, 4) is 10.7 Å². The van der Waals surface area contributed by atoms with Crippen LogP contribution >= 0.6 is 33.9 Å². The van der Waals surface area contributed by atoms with Gasteiger partial charge in [-0.1, -0.05) is 6.92 Å². The Morgan fingerprint density at radius 2 is 2.15 bits per heavy atom. The van der Waals surface area contributed by atoms with Crippen LogP contribution in [0.1, 0.15) is 42.7 Å². The van der Waals surface area contributed by atoms with Crippen molar-refractivity contribution in [2.24, 2.45) is 0 Å². The molecule has 0 spiro atoms. The largest absolute Gasteiger partial charge is 0.369 e. The predicted octanol–water partition coefficient (Wildman–Crippen LogP) is 4.82. The van der Waals surface area contributed by atoms with Crippen LogP contribution in [0.5, 0.6) is 0 Å². The summed E-state index contributed by atoms with van der Waals surface area (Å²) in [6, 6.07) is 4.26. The zero-order valence-corrected chi connectivity index (χ0v) is 14.7. The Bertz CT molecular complexity index is 620. The summed E-state index contributed by atoms with van der Waals surface area (Å²) in [5.74, 6) is 2.53. The molecule has 0 aromatic carbocycles. The summed E-state index contributed by atoms with van der Waals surface area (Å²) in [5, 5.41) is 3.45. The maximum absolute atomic E-state index is 4.84. The molecule has 0 aliphatic heterocycles. The third kappa shape index (κ3) is 2.98. The Morgan fingerprint density at radius 3 is 2.75 bits per heavy atom. The second-order valence-electron chi connectivity index (χ2n) is 5.21. The van der Waals surface area contributed by atoms with Gasteiger partial charge < -0.3 is 5.32 Å². The topological polar surface area (TPSA) is 37.8 Å². The second kappa shape index (κ2) is 5.97. The molecule has 2 aromatic heterocycles. The molecule has 0 atom stereocenters. The summed E-state index contributed by atoms with van der Waals surface area (Å²) >= 11 is 4.16. The molecule has 106 valence electrons. The monoisotopic (exact) mass is 399 g/mol. The van der Waals surface area contributed by atoms with Crippen molar-refractivity contribution in [2.45, 2.75) is 39.0 Å². The molecule has 3 nitrogen and oxygen atoms in total. The number of halogens is 1. The van der Waals surface area contributed by atoms with Crippen LogP contribution in [0.15, 0.2) is 12.1 Å². The van der Waals surface area contributed by atoms with Crippen LogP contribution in [0, 0.1) is 10.5 Å². The second-order valence-corrected chi connectivity index (χ2v) is 7.57. The quantitative estimate of drug-likeness (QED) is 0.733. The number of thiophene rings is 1. The molecule has 2 aromatic rings. The lowest BCUT2D eigenvalue weighted by Crippen LogP contribution is -2.08. The number of hydrogen-bond acceptors (Lipinski definition) is 4. The van der Waals surface area contributed by atoms with Gasteiger partial charge in [-0.05, 0) is 60.9 Å². The molecule has 1 saturated carbocycles. The lowest BCUT2D eigenvalue weighted by Gasteiger charge is -2.11. The Balaban J connectivity index is 2.03. The fourth-order valence-corrected chi connectivity index (χ4v) is 3.79. The van der Waals surface area contributed by atoms with Gasteiger partial charge in [-0.2, -0.15) is 0 Å². The predicted molar refractivity (Wildman–Crippen MR) is 93.6 cm³/mol. The first-order valence-corrected chi connectivity index (χ1v) is 8.96. The van der Waals surface area contributed by atoms with E-state index in [2.05, 4.69) is 53.9 Å². The molecule has 5 heteroatoms. The summed E-state index contributed by atoms with van der Waals surface area (Å²) in [6.07, 6.45) is 3.64. The van der Waals surface area contributed by atoms with E-state index in [1.807, 2.05) is 0 Å². The van der Waals surface area contributed by atoms with E-state index in [9.17, 15) is 0 Å². The van der Waals surface area contributed by atoms with Gasteiger partial charge in [0.2, 0.25) is 0 Å². The van der Waals surface area contributed by atoms with E-state index in [0.29, 0.717) is 5.92 Å². The van der Waals surface area contributed by atoms with Crippen molar-refractivity contribution in [3.05, 3.63) is 26.3 Å². The van der Waals surface area contributed by atoms with Gasteiger partial charge in [0.05, 0.1) is 14.1 Å². The number of rotatable bonds is 5. The van der Waals surface area contributed by atoms with E-state index in [1.54, 1.807) is 11.3 Å². The summed E-state index contributed by atoms with van der Waals surface area (Å²) in [5.41, 5.74) is 1.24. The molecule has 1 N–H and O–H groups in total. The van der Waals surface area contributed by atoms with Crippen molar-refractivity contribution in [1.29, 1.82) is 0 Å². The average Bonchev–Trinajstić information content (AvgIpc) is 3.19. The third-order valence-corrected chi connectivity index (χ3v) is 5.40. The van der Waals surface area contributed by atoms with E-state index in [1.165, 1.54) is 31.9 Å². The van der Waals surface area contributed by atoms with Gasteiger partial charge in [0.15, 0.2) is 5.82 Å². The Kier molecular flexibility index (Phi) is 4.26. The van der Waals surface area contributed by atoms with Gasteiger partial charge in [-0.3, -0.25) is 0 Å². The average molecular weight is 399 g/mol. The molecule has 1 fully saturated rings. The molecule has 0 radical (unpaired) electrons. The Morgan fingerprint density at radius 1 is 1.35 bits per heavy atom. The van der Waals surface area contributed by atoms with Crippen LogP contribution in [-0.2, 0) is 0 Å². The highest BCUT2D eigenvalue weighted by atomic mass is 127. The maximum Gasteiger partial charge on any atom is 0.171 e. The standard InChI is InChI=1S/C15H18IN3S/c1-3-8-17-15-12(16)13(10-5-6-10)18-14(19-15)11-7-4-9(2)20-11/h4,7,10H,3,5-6,8H2,1-2H3,(H,17,18,19). The first kappa shape index (κ1) is 14.3. The molecule has 1 aliphatic carbocycles. The highest BCUT2D eigenvalue weighted by Crippen LogP contribution is 2.43. The zero-order chi connectivity index (χ0) is 14.1. The number of anilines is 1. The minimum atomic E-state index is 0.645. The molecule has 0 bridgehead atoms. The number of aryl methyl sites for hydroxylation is 1. The van der Waals surface area contributed by atoms with Crippen LogP contribution in [0.2, 0.25) is 0 Å². The van der Waals surface area contributed by atoms with Crippen molar-refractivity contribution in [3.63, 3.8) is 0 Å². The van der Waals surface area contributed by atoms with Crippen LogP contribution in [-0.4, -0.2) is 16.5 Å². The molecule has 20 heavy (non-hydrogen) atoms. The van der Waals surface area contributed by atoms with Gasteiger partial charge in [0, 0.05) is 17.3 Å². The van der Waals surface area contributed by atoms with Crippen LogP contribution < -0.4 is 5.32 Å². The van der Waals surface area contributed by atoms with Gasteiger partial charge in [-0.15, -0.1) is 11.3 Å². The minimum absolute atomic E-state index is 0.645. The molecule has 0 saturated heterocycles. The van der Waals surface area contributed by atoms with Crippen molar-refractivity contribution in [2.75, 3.05) is 11.9 Å². The van der Waals surface area contributed by atoms with Crippen LogP contribution in [0.4, 0.5) is 5.82 Å². The summed E-state index contributed by atoms with van der Waals surface area (Å²) in [4.78, 5) is 12.1. The molecule has 1 aliphatic rings. The smallest absolute Gasteiger partial charge is 0.171 e. The van der Waals surface area contributed by atoms with Crippen LogP contribution in [0.3, 0.4) is 0 Å². The lowest BCUT2D eigenvalue weighted by atomic mass is 10.2. The number of hydrogen-bond donors (Lipinski definition) is 1. The van der Waals surface area contributed by atoms with E-state index in [-0.39, 0.29) is 0 Å². The summed E-state index contributed by atoms with van der Waals surface area (Å²) in [7, 11) is 0. The third-order valence-electron chi connectivity index (χ3n) is 3.34. The Labute approximate surface area is 137 Å². The van der Waals surface area contributed by atoms with E-state index >= 15 is 0 Å². The Hall–Kier alpha value is -0.690. The first-order chi connectivity index (χ1) is 9.69. The first-order valence-electron chi connectivity index (χ1n) is 7.07. The number of nitrogens with one attached hydrogen (secondary N) is 1. The normalized spacial score (nSPS) is 14.6. The molecule has 0 amide bonds. The van der Waals surface area contributed by atoms with Crippen molar-refractivity contribution < 1.29 is 0 Å².